The maximum atomic E-state index is 4.87. The van der Waals surface area contributed by atoms with Gasteiger partial charge in [0.05, 0.1) is 5.69 Å². The lowest BCUT2D eigenvalue weighted by Crippen LogP contribution is -2.22. The van der Waals surface area contributed by atoms with E-state index in [1.807, 2.05) is 0 Å². The zero-order valence-corrected chi connectivity index (χ0v) is 9.46. The van der Waals surface area contributed by atoms with Crippen LogP contribution in [0.25, 0.3) is 0 Å². The molecule has 2 aliphatic rings. The molecular formula is C14H17N. The van der Waals surface area contributed by atoms with Crippen molar-refractivity contribution in [1.29, 1.82) is 0 Å². The summed E-state index contributed by atoms with van der Waals surface area (Å²) < 4.78 is 0. The van der Waals surface area contributed by atoms with Gasteiger partial charge in [-0.1, -0.05) is 31.5 Å². The highest BCUT2D eigenvalue weighted by atomic mass is 14.8. The molecule has 1 heterocycles. The van der Waals surface area contributed by atoms with Gasteiger partial charge < -0.3 is 0 Å². The van der Waals surface area contributed by atoms with Crippen LogP contribution in [0.5, 0.6) is 0 Å². The zero-order valence-electron chi connectivity index (χ0n) is 9.46. The second-order valence-corrected chi connectivity index (χ2v) is 4.93. The Morgan fingerprint density at radius 2 is 2.13 bits per heavy atom. The second-order valence-electron chi connectivity index (χ2n) is 4.93. The summed E-state index contributed by atoms with van der Waals surface area (Å²) in [5, 5.41) is 0. The zero-order chi connectivity index (χ0) is 10.4. The van der Waals surface area contributed by atoms with Crippen LogP contribution < -0.4 is 0 Å². The third-order valence-electron chi connectivity index (χ3n) is 3.88. The first kappa shape index (κ1) is 9.14. The molecule has 3 rings (SSSR count). The van der Waals surface area contributed by atoms with Gasteiger partial charge in [-0.15, -0.1) is 0 Å². The Kier molecular flexibility index (Phi) is 1.95. The molecule has 0 aromatic heterocycles. The number of fused-ring (bicyclic) bond motifs is 3. The number of aliphatic imine (C=N–C) groups is 1. The van der Waals surface area contributed by atoms with E-state index in [0.29, 0.717) is 11.8 Å². The number of benzene rings is 1. The summed E-state index contributed by atoms with van der Waals surface area (Å²) in [5.74, 6) is 1.33. The summed E-state index contributed by atoms with van der Waals surface area (Å²) in [6, 6.07) is 6.61. The molecule has 0 amide bonds. The maximum absolute atomic E-state index is 4.87. The van der Waals surface area contributed by atoms with E-state index < -0.39 is 0 Å². The van der Waals surface area contributed by atoms with Gasteiger partial charge in [0.25, 0.3) is 0 Å². The lowest BCUT2D eigenvalue weighted by molar-refractivity contribution is 0.532. The van der Waals surface area contributed by atoms with E-state index in [1.54, 1.807) is 0 Å². The Bertz CT molecular complexity index is 431. The minimum absolute atomic E-state index is 0.642. The summed E-state index contributed by atoms with van der Waals surface area (Å²) in [7, 11) is 0. The Hall–Kier alpha value is -1.11. The quantitative estimate of drug-likeness (QED) is 0.599. The van der Waals surface area contributed by atoms with Gasteiger partial charge in [-0.3, -0.25) is 4.99 Å². The fourth-order valence-electron chi connectivity index (χ4n) is 3.01. The van der Waals surface area contributed by atoms with Gasteiger partial charge in [-0.2, -0.15) is 0 Å². The predicted octanol–water partition coefficient (Wildman–Crippen LogP) is 3.98. The molecular weight excluding hydrogens is 182 g/mol. The van der Waals surface area contributed by atoms with Gasteiger partial charge in [0.1, 0.15) is 0 Å². The average Bonchev–Trinajstić information content (AvgIpc) is 2.60. The SMILES string of the molecule is Cc1cccc2c1N=C1C(C)CCCC12. The molecule has 1 aliphatic carbocycles. The van der Waals surface area contributed by atoms with Gasteiger partial charge >= 0.3 is 0 Å². The first-order valence-electron chi connectivity index (χ1n) is 5.95. The third kappa shape index (κ3) is 1.26. The molecule has 15 heavy (non-hydrogen) atoms. The average molecular weight is 199 g/mol. The van der Waals surface area contributed by atoms with Crippen LogP contribution in [-0.2, 0) is 0 Å². The minimum Gasteiger partial charge on any atom is -0.256 e. The number of hydrogen-bond acceptors (Lipinski definition) is 1. The monoisotopic (exact) mass is 199 g/mol. The van der Waals surface area contributed by atoms with E-state index in [2.05, 4.69) is 32.0 Å². The highest BCUT2D eigenvalue weighted by molar-refractivity contribution is 6.00. The van der Waals surface area contributed by atoms with Crippen molar-refractivity contribution >= 4 is 11.4 Å². The van der Waals surface area contributed by atoms with Crippen LogP contribution in [0.4, 0.5) is 5.69 Å². The van der Waals surface area contributed by atoms with E-state index in [0.717, 1.165) is 0 Å². The molecule has 1 heteroatoms. The number of para-hydroxylation sites is 1. The van der Waals surface area contributed by atoms with Crippen molar-refractivity contribution < 1.29 is 0 Å². The largest absolute Gasteiger partial charge is 0.256 e. The molecule has 0 bridgehead atoms. The molecule has 0 saturated heterocycles. The van der Waals surface area contributed by atoms with Crippen molar-refractivity contribution in [2.75, 3.05) is 0 Å². The lowest BCUT2D eigenvalue weighted by Gasteiger charge is -2.25. The van der Waals surface area contributed by atoms with Gasteiger partial charge in [0.2, 0.25) is 0 Å². The third-order valence-corrected chi connectivity index (χ3v) is 3.88. The molecule has 2 unspecified atom stereocenters. The van der Waals surface area contributed by atoms with Crippen LogP contribution in [0.3, 0.4) is 0 Å². The van der Waals surface area contributed by atoms with Crippen LogP contribution in [0, 0.1) is 12.8 Å². The highest BCUT2D eigenvalue weighted by Crippen LogP contribution is 2.45. The summed E-state index contributed by atoms with van der Waals surface area (Å²) in [6.45, 7) is 4.50. The van der Waals surface area contributed by atoms with E-state index >= 15 is 0 Å². The number of nitrogens with zero attached hydrogens (tertiary/aromatic N) is 1. The number of rotatable bonds is 0. The summed E-state index contributed by atoms with van der Waals surface area (Å²) in [5.41, 5.74) is 5.54. The van der Waals surface area contributed by atoms with Crippen molar-refractivity contribution in [3.63, 3.8) is 0 Å². The van der Waals surface area contributed by atoms with Crippen molar-refractivity contribution in [2.45, 2.75) is 39.0 Å². The normalized spacial score (nSPS) is 28.3. The topological polar surface area (TPSA) is 12.4 Å². The van der Waals surface area contributed by atoms with Crippen molar-refractivity contribution in [2.24, 2.45) is 10.9 Å². The maximum Gasteiger partial charge on any atom is 0.0697 e. The van der Waals surface area contributed by atoms with Crippen molar-refractivity contribution in [3.05, 3.63) is 29.3 Å². The van der Waals surface area contributed by atoms with Gasteiger partial charge in [-0.05, 0) is 36.8 Å². The van der Waals surface area contributed by atoms with Gasteiger partial charge in [0, 0.05) is 11.6 Å². The summed E-state index contributed by atoms with van der Waals surface area (Å²) in [4.78, 5) is 4.87. The van der Waals surface area contributed by atoms with E-state index in [1.165, 1.54) is 41.8 Å². The summed E-state index contributed by atoms with van der Waals surface area (Å²) >= 11 is 0. The van der Waals surface area contributed by atoms with Crippen molar-refractivity contribution in [3.8, 4) is 0 Å². The standard InChI is InChI=1S/C14H17N/c1-9-5-3-7-11-12-8-4-6-10(2)14(12)15-13(9)11/h3,5,7,10,12H,4,6,8H2,1-2H3. The predicted molar refractivity (Wildman–Crippen MR) is 64.0 cm³/mol. The molecule has 0 radical (unpaired) electrons. The molecule has 1 aliphatic heterocycles. The molecule has 2 atom stereocenters. The smallest absolute Gasteiger partial charge is 0.0697 e. The molecule has 1 fully saturated rings. The highest BCUT2D eigenvalue weighted by Gasteiger charge is 2.33. The van der Waals surface area contributed by atoms with Crippen LogP contribution in [0.2, 0.25) is 0 Å². The first-order chi connectivity index (χ1) is 7.27. The molecule has 1 aromatic carbocycles. The minimum atomic E-state index is 0.642. The molecule has 1 nitrogen and oxygen atoms in total. The number of hydrogen-bond donors (Lipinski definition) is 0. The molecule has 0 spiro atoms. The fourth-order valence-corrected chi connectivity index (χ4v) is 3.01. The Morgan fingerprint density at radius 3 is 3.00 bits per heavy atom. The van der Waals surface area contributed by atoms with Crippen LogP contribution in [0.15, 0.2) is 23.2 Å². The Balaban J connectivity index is 2.13. The van der Waals surface area contributed by atoms with Gasteiger partial charge in [-0.25, -0.2) is 0 Å². The van der Waals surface area contributed by atoms with Crippen LogP contribution in [0.1, 0.15) is 43.2 Å². The van der Waals surface area contributed by atoms with E-state index in [9.17, 15) is 0 Å². The second kappa shape index (κ2) is 3.19. The van der Waals surface area contributed by atoms with E-state index in [-0.39, 0.29) is 0 Å². The lowest BCUT2D eigenvalue weighted by atomic mass is 9.78. The first-order valence-corrected chi connectivity index (χ1v) is 5.95. The van der Waals surface area contributed by atoms with Crippen molar-refractivity contribution in [1.82, 2.24) is 0 Å². The van der Waals surface area contributed by atoms with Crippen LogP contribution in [-0.4, -0.2) is 5.71 Å². The van der Waals surface area contributed by atoms with E-state index in [4.69, 9.17) is 4.99 Å². The molecule has 78 valence electrons. The molecule has 1 aromatic rings. The van der Waals surface area contributed by atoms with Crippen LogP contribution >= 0.6 is 0 Å². The Labute approximate surface area is 91.2 Å². The summed E-state index contributed by atoms with van der Waals surface area (Å²) in [6.07, 6.45) is 3.99. The molecule has 1 saturated carbocycles. The Morgan fingerprint density at radius 1 is 1.27 bits per heavy atom. The number of aryl methyl sites for hydroxylation is 1. The fraction of sp³-hybridized carbons (Fsp3) is 0.500. The molecule has 0 N–H and O–H groups in total. The van der Waals surface area contributed by atoms with Gasteiger partial charge in [0.15, 0.2) is 0 Å².